The molecule has 0 saturated carbocycles. The maximum atomic E-state index is 5.47. The molecule has 108 valence electrons. The maximum Gasteiger partial charge on any atom is 0.199 e. The molecule has 4 nitrogen and oxygen atoms in total. The third-order valence-electron chi connectivity index (χ3n) is 4.32. The Labute approximate surface area is 120 Å². The molecule has 0 bridgehead atoms. The van der Waals surface area contributed by atoms with Gasteiger partial charge in [0.2, 0.25) is 0 Å². The zero-order chi connectivity index (χ0) is 13.9. The molecular formula is C16H23N3O. The Kier molecular flexibility index (Phi) is 3.92. The molecular weight excluding hydrogens is 250 g/mol. The third-order valence-corrected chi connectivity index (χ3v) is 4.32. The lowest BCUT2D eigenvalue weighted by Gasteiger charge is -2.31. The van der Waals surface area contributed by atoms with Crippen LogP contribution in [0.25, 0.3) is 5.52 Å². The van der Waals surface area contributed by atoms with E-state index in [4.69, 9.17) is 4.74 Å². The first-order valence-electron chi connectivity index (χ1n) is 7.53. The molecule has 1 aliphatic heterocycles. The van der Waals surface area contributed by atoms with E-state index < -0.39 is 0 Å². The standard InChI is InChI=1S/C16H23N3O/c1-3-18-9-5-6-13(12-18)10-15-17-11-14-7-4-8-16(20-2)19(14)15/h4,7-8,11,13H,3,5-6,9-10,12H2,1-2H3. The van der Waals surface area contributed by atoms with Crippen LogP contribution in [0.3, 0.4) is 0 Å². The number of hydrogen-bond donors (Lipinski definition) is 0. The van der Waals surface area contributed by atoms with Gasteiger partial charge in [-0.3, -0.25) is 4.40 Å². The van der Waals surface area contributed by atoms with Gasteiger partial charge in [0.15, 0.2) is 5.88 Å². The number of nitrogens with zero attached hydrogens (tertiary/aromatic N) is 3. The third kappa shape index (κ3) is 2.52. The van der Waals surface area contributed by atoms with Crippen molar-refractivity contribution >= 4 is 5.52 Å². The van der Waals surface area contributed by atoms with Crippen molar-refractivity contribution in [2.45, 2.75) is 26.2 Å². The van der Waals surface area contributed by atoms with Crippen molar-refractivity contribution in [1.29, 1.82) is 0 Å². The van der Waals surface area contributed by atoms with Crippen molar-refractivity contribution in [3.05, 3.63) is 30.2 Å². The lowest BCUT2D eigenvalue weighted by Crippen LogP contribution is -2.36. The summed E-state index contributed by atoms with van der Waals surface area (Å²) in [6, 6.07) is 6.09. The number of pyridine rings is 1. The highest BCUT2D eigenvalue weighted by atomic mass is 16.5. The topological polar surface area (TPSA) is 29.8 Å². The van der Waals surface area contributed by atoms with Crippen LogP contribution in [0.4, 0.5) is 0 Å². The van der Waals surface area contributed by atoms with Crippen LogP contribution in [0.5, 0.6) is 5.88 Å². The van der Waals surface area contributed by atoms with Crippen LogP contribution in [0.1, 0.15) is 25.6 Å². The predicted octanol–water partition coefficient (Wildman–Crippen LogP) is 2.62. The average Bonchev–Trinajstić information content (AvgIpc) is 2.90. The second-order valence-electron chi connectivity index (χ2n) is 5.61. The maximum absolute atomic E-state index is 5.47. The first-order chi connectivity index (χ1) is 9.81. The van der Waals surface area contributed by atoms with Crippen LogP contribution in [0.2, 0.25) is 0 Å². The Morgan fingerprint density at radius 1 is 1.40 bits per heavy atom. The number of hydrogen-bond acceptors (Lipinski definition) is 3. The number of likely N-dealkylation sites (tertiary alicyclic amines) is 1. The van der Waals surface area contributed by atoms with Gasteiger partial charge < -0.3 is 9.64 Å². The summed E-state index contributed by atoms with van der Waals surface area (Å²) in [5, 5.41) is 0. The average molecular weight is 273 g/mol. The van der Waals surface area contributed by atoms with Gasteiger partial charge in [0.1, 0.15) is 5.82 Å². The summed E-state index contributed by atoms with van der Waals surface area (Å²) >= 11 is 0. The van der Waals surface area contributed by atoms with Gasteiger partial charge in [-0.1, -0.05) is 13.0 Å². The van der Waals surface area contributed by atoms with Crippen LogP contribution in [-0.2, 0) is 6.42 Å². The Bertz CT molecular complexity index is 578. The number of imidazole rings is 1. The first kappa shape index (κ1) is 13.4. The Morgan fingerprint density at radius 3 is 3.10 bits per heavy atom. The molecule has 0 spiro atoms. The summed E-state index contributed by atoms with van der Waals surface area (Å²) in [7, 11) is 1.72. The van der Waals surface area contributed by atoms with E-state index >= 15 is 0 Å². The zero-order valence-electron chi connectivity index (χ0n) is 12.4. The highest BCUT2D eigenvalue weighted by Gasteiger charge is 2.21. The van der Waals surface area contributed by atoms with Crippen molar-refractivity contribution in [3.63, 3.8) is 0 Å². The summed E-state index contributed by atoms with van der Waals surface area (Å²) < 4.78 is 7.61. The molecule has 4 heteroatoms. The van der Waals surface area contributed by atoms with Gasteiger partial charge in [-0.15, -0.1) is 0 Å². The second-order valence-corrected chi connectivity index (χ2v) is 5.61. The van der Waals surface area contributed by atoms with E-state index in [9.17, 15) is 0 Å². The van der Waals surface area contributed by atoms with E-state index in [1.165, 1.54) is 25.9 Å². The van der Waals surface area contributed by atoms with Gasteiger partial charge in [0.05, 0.1) is 18.8 Å². The van der Waals surface area contributed by atoms with E-state index in [2.05, 4.69) is 27.3 Å². The largest absolute Gasteiger partial charge is 0.482 e. The molecule has 1 saturated heterocycles. The van der Waals surface area contributed by atoms with Crippen LogP contribution < -0.4 is 4.74 Å². The van der Waals surface area contributed by atoms with Crippen LogP contribution in [0.15, 0.2) is 24.4 Å². The molecule has 0 N–H and O–H groups in total. The van der Waals surface area contributed by atoms with Gasteiger partial charge in [0.25, 0.3) is 0 Å². The van der Waals surface area contributed by atoms with Crippen molar-refractivity contribution in [1.82, 2.24) is 14.3 Å². The van der Waals surface area contributed by atoms with Crippen molar-refractivity contribution < 1.29 is 4.74 Å². The number of ether oxygens (including phenoxy) is 1. The molecule has 1 fully saturated rings. The summed E-state index contributed by atoms with van der Waals surface area (Å²) in [4.78, 5) is 7.16. The Balaban J connectivity index is 1.84. The van der Waals surface area contributed by atoms with E-state index in [0.717, 1.165) is 30.2 Å². The molecule has 1 unspecified atom stereocenters. The lowest BCUT2D eigenvalue weighted by atomic mass is 9.94. The predicted molar refractivity (Wildman–Crippen MR) is 80.3 cm³/mol. The monoisotopic (exact) mass is 273 g/mol. The molecule has 0 aromatic carbocycles. The smallest absolute Gasteiger partial charge is 0.199 e. The minimum atomic E-state index is 0.708. The molecule has 20 heavy (non-hydrogen) atoms. The van der Waals surface area contributed by atoms with Crippen molar-refractivity contribution in [2.24, 2.45) is 5.92 Å². The highest BCUT2D eigenvalue weighted by molar-refractivity contribution is 5.49. The van der Waals surface area contributed by atoms with E-state index in [-0.39, 0.29) is 0 Å². The summed E-state index contributed by atoms with van der Waals surface area (Å²) in [5.74, 6) is 2.71. The fourth-order valence-corrected chi connectivity index (χ4v) is 3.25. The SMILES string of the molecule is CCN1CCCC(Cc2ncc3cccc(OC)n23)C1. The Morgan fingerprint density at radius 2 is 2.30 bits per heavy atom. The molecule has 0 radical (unpaired) electrons. The van der Waals surface area contributed by atoms with Gasteiger partial charge in [-0.25, -0.2) is 4.98 Å². The molecule has 3 rings (SSSR count). The molecule has 0 aliphatic carbocycles. The van der Waals surface area contributed by atoms with Gasteiger partial charge in [-0.05, 0) is 44.0 Å². The normalized spacial score (nSPS) is 20.4. The lowest BCUT2D eigenvalue weighted by molar-refractivity contribution is 0.180. The van der Waals surface area contributed by atoms with Crippen LogP contribution in [0, 0.1) is 5.92 Å². The molecule has 0 amide bonds. The van der Waals surface area contributed by atoms with Gasteiger partial charge in [-0.2, -0.15) is 0 Å². The van der Waals surface area contributed by atoms with Crippen molar-refractivity contribution in [2.75, 3.05) is 26.7 Å². The molecule has 1 aliphatic rings. The van der Waals surface area contributed by atoms with Gasteiger partial charge >= 0.3 is 0 Å². The second kappa shape index (κ2) is 5.83. The number of methoxy groups -OCH3 is 1. The summed E-state index contributed by atoms with van der Waals surface area (Å²) in [6.45, 7) is 5.84. The number of piperidine rings is 1. The summed E-state index contributed by atoms with van der Waals surface area (Å²) in [5.41, 5.74) is 1.11. The fraction of sp³-hybridized carbons (Fsp3) is 0.562. The number of fused-ring (bicyclic) bond motifs is 1. The molecule has 3 heterocycles. The Hall–Kier alpha value is -1.55. The quantitative estimate of drug-likeness (QED) is 0.857. The van der Waals surface area contributed by atoms with E-state index in [1.807, 2.05) is 18.3 Å². The van der Waals surface area contributed by atoms with E-state index in [1.54, 1.807) is 7.11 Å². The fourth-order valence-electron chi connectivity index (χ4n) is 3.25. The number of aromatic nitrogens is 2. The zero-order valence-corrected chi connectivity index (χ0v) is 12.4. The molecule has 1 atom stereocenters. The van der Waals surface area contributed by atoms with Crippen LogP contribution in [-0.4, -0.2) is 41.0 Å². The summed E-state index contributed by atoms with van der Waals surface area (Å²) in [6.07, 6.45) is 5.59. The molecule has 2 aromatic rings. The van der Waals surface area contributed by atoms with Crippen molar-refractivity contribution in [3.8, 4) is 5.88 Å². The molecule has 2 aromatic heterocycles. The number of rotatable bonds is 4. The highest BCUT2D eigenvalue weighted by Crippen LogP contribution is 2.23. The minimum absolute atomic E-state index is 0.708. The van der Waals surface area contributed by atoms with Gasteiger partial charge in [0, 0.05) is 13.0 Å². The van der Waals surface area contributed by atoms with E-state index in [0.29, 0.717) is 5.92 Å². The first-order valence-corrected chi connectivity index (χ1v) is 7.53. The van der Waals surface area contributed by atoms with Crippen LogP contribution >= 0.6 is 0 Å². The minimum Gasteiger partial charge on any atom is -0.482 e.